The molecule has 0 heterocycles. The molecule has 0 aliphatic rings. The lowest BCUT2D eigenvalue weighted by atomic mass is 10.1. The first-order chi connectivity index (χ1) is 5.45. The number of hydrogen-bond acceptors (Lipinski definition) is 3. The summed E-state index contributed by atoms with van der Waals surface area (Å²) in [5, 5.41) is 5.13. The van der Waals surface area contributed by atoms with Gasteiger partial charge in [-0.1, -0.05) is 17.9 Å². The van der Waals surface area contributed by atoms with Crippen molar-refractivity contribution in [1.82, 2.24) is 10.7 Å². The third kappa shape index (κ3) is 2.58. The molecule has 0 bridgehead atoms. The minimum atomic E-state index is -2.61. The van der Waals surface area contributed by atoms with Gasteiger partial charge in [-0.25, -0.2) is 0 Å². The molecule has 7 heteroatoms. The van der Waals surface area contributed by atoms with E-state index in [0.29, 0.717) is 6.92 Å². The van der Waals surface area contributed by atoms with Crippen LogP contribution in [0, 0.1) is 0 Å². The lowest BCUT2D eigenvalue weighted by Crippen LogP contribution is -2.45. The first-order valence-electron chi connectivity index (χ1n) is 3.29. The van der Waals surface area contributed by atoms with Crippen LogP contribution in [0.25, 0.3) is 0 Å². The molecule has 3 nitrogen and oxygen atoms in total. The van der Waals surface area contributed by atoms with Crippen molar-refractivity contribution in [2.75, 3.05) is 6.61 Å². The van der Waals surface area contributed by atoms with Gasteiger partial charge in [-0.05, 0) is 19.8 Å². The largest absolute Gasteiger partial charge is 0.396 e. The summed E-state index contributed by atoms with van der Waals surface area (Å²) in [5.41, 5.74) is -2.61. The second-order valence-electron chi connectivity index (χ2n) is 2.51. The molecule has 1 N–H and O–H groups in total. The summed E-state index contributed by atoms with van der Waals surface area (Å²) < 4.78 is 47.6. The minimum Gasteiger partial charge on any atom is -0.396 e. The van der Waals surface area contributed by atoms with Crippen LogP contribution in [0.1, 0.15) is 19.8 Å². The number of halogens is 4. The Labute approximate surface area is 66.9 Å². The SMILES string of the molecule is CC(CCCO)(N(F)F)N(F)F. The van der Waals surface area contributed by atoms with Crippen molar-refractivity contribution in [3.63, 3.8) is 0 Å². The van der Waals surface area contributed by atoms with Gasteiger partial charge in [0.1, 0.15) is 0 Å². The van der Waals surface area contributed by atoms with E-state index in [1.807, 2.05) is 0 Å². The van der Waals surface area contributed by atoms with E-state index in [-0.39, 0.29) is 6.42 Å². The van der Waals surface area contributed by atoms with Gasteiger partial charge in [-0.3, -0.25) is 0 Å². The standard InChI is InChI=1S/C5H10F4N2O/c1-5(10(6)7,11(8)9)3-2-4-12/h12H,2-4H2,1H3. The van der Waals surface area contributed by atoms with Gasteiger partial charge in [0.05, 0.1) is 0 Å². The molecule has 0 aromatic carbocycles. The van der Waals surface area contributed by atoms with Crippen molar-refractivity contribution >= 4 is 0 Å². The maximum atomic E-state index is 11.9. The number of aliphatic hydroxyl groups excluding tert-OH is 1. The third-order valence-corrected chi connectivity index (χ3v) is 1.54. The van der Waals surface area contributed by atoms with Gasteiger partial charge in [0.2, 0.25) is 0 Å². The highest BCUT2D eigenvalue weighted by Gasteiger charge is 2.41. The van der Waals surface area contributed by atoms with Gasteiger partial charge < -0.3 is 5.11 Å². The van der Waals surface area contributed by atoms with E-state index >= 15 is 0 Å². The van der Waals surface area contributed by atoms with Crippen LogP contribution in [-0.4, -0.2) is 28.1 Å². The summed E-state index contributed by atoms with van der Waals surface area (Å²) >= 11 is 0. The molecule has 0 radical (unpaired) electrons. The molecule has 0 aliphatic carbocycles. The summed E-state index contributed by atoms with van der Waals surface area (Å²) in [4.78, 5) is 0. The molecule has 0 aromatic heterocycles. The van der Waals surface area contributed by atoms with Crippen LogP contribution in [-0.2, 0) is 0 Å². The first-order valence-corrected chi connectivity index (χ1v) is 3.29. The lowest BCUT2D eigenvalue weighted by Gasteiger charge is -2.27. The second-order valence-corrected chi connectivity index (χ2v) is 2.51. The fourth-order valence-electron chi connectivity index (χ4n) is 0.640. The molecule has 12 heavy (non-hydrogen) atoms. The highest BCUT2D eigenvalue weighted by atomic mass is 19.4. The summed E-state index contributed by atoms with van der Waals surface area (Å²) in [6.45, 7) is 0.292. The smallest absolute Gasteiger partial charge is 0.193 e. The lowest BCUT2D eigenvalue weighted by molar-refractivity contribution is -0.367. The maximum absolute atomic E-state index is 11.9. The Balaban J connectivity index is 4.19. The predicted octanol–water partition coefficient (Wildman–Crippen LogP) is 1.62. The Morgan fingerprint density at radius 1 is 1.17 bits per heavy atom. The van der Waals surface area contributed by atoms with Gasteiger partial charge >= 0.3 is 0 Å². The fourth-order valence-corrected chi connectivity index (χ4v) is 0.640. The highest BCUT2D eigenvalue weighted by Crippen LogP contribution is 2.27. The van der Waals surface area contributed by atoms with E-state index in [1.165, 1.54) is 0 Å². The molecule has 0 fully saturated rings. The quantitative estimate of drug-likeness (QED) is 0.405. The van der Waals surface area contributed by atoms with Crippen LogP contribution in [0.3, 0.4) is 0 Å². The minimum absolute atomic E-state index is 0.106. The summed E-state index contributed by atoms with van der Waals surface area (Å²) in [7, 11) is 0. The van der Waals surface area contributed by atoms with E-state index in [9.17, 15) is 17.9 Å². The van der Waals surface area contributed by atoms with Gasteiger partial charge in [0, 0.05) is 17.3 Å². The Morgan fingerprint density at radius 2 is 1.58 bits per heavy atom. The van der Waals surface area contributed by atoms with Crippen molar-refractivity contribution in [2.45, 2.75) is 25.4 Å². The van der Waals surface area contributed by atoms with Crippen molar-refractivity contribution in [3.8, 4) is 0 Å². The summed E-state index contributed by atoms with van der Waals surface area (Å²) in [5.74, 6) is 0. The molecule has 0 unspecified atom stereocenters. The van der Waals surface area contributed by atoms with Crippen LogP contribution in [0.15, 0.2) is 0 Å². The van der Waals surface area contributed by atoms with Crippen LogP contribution in [0.4, 0.5) is 17.9 Å². The molecule has 0 atom stereocenters. The molecule has 0 aliphatic heterocycles. The average Bonchev–Trinajstić information content (AvgIpc) is 1.99. The molecule has 0 spiro atoms. The zero-order chi connectivity index (χ0) is 9.78. The van der Waals surface area contributed by atoms with Crippen LogP contribution < -0.4 is 0 Å². The van der Waals surface area contributed by atoms with E-state index in [1.54, 1.807) is 0 Å². The van der Waals surface area contributed by atoms with Crippen LogP contribution >= 0.6 is 0 Å². The Morgan fingerprint density at radius 3 is 1.83 bits per heavy atom. The molecule has 0 rings (SSSR count). The second kappa shape index (κ2) is 4.58. The fraction of sp³-hybridized carbons (Fsp3) is 1.00. The van der Waals surface area contributed by atoms with Gasteiger partial charge in [-0.15, -0.1) is 0 Å². The number of nitrogens with zero attached hydrogens (tertiary/aromatic N) is 2. The topological polar surface area (TPSA) is 26.7 Å². The number of rotatable bonds is 5. The average molecular weight is 190 g/mol. The van der Waals surface area contributed by atoms with Crippen molar-refractivity contribution in [1.29, 1.82) is 0 Å². The number of hydrogen-bond donors (Lipinski definition) is 1. The third-order valence-electron chi connectivity index (χ3n) is 1.54. The summed E-state index contributed by atoms with van der Waals surface area (Å²) in [6.07, 6.45) is -0.616. The molecular weight excluding hydrogens is 180 g/mol. The first kappa shape index (κ1) is 11.6. The normalized spacial score (nSPS) is 13.0. The Kier molecular flexibility index (Phi) is 4.43. The van der Waals surface area contributed by atoms with E-state index in [0.717, 1.165) is 0 Å². The molecule has 0 saturated heterocycles. The molecule has 0 saturated carbocycles. The molecule has 74 valence electrons. The van der Waals surface area contributed by atoms with E-state index < -0.39 is 29.4 Å². The van der Waals surface area contributed by atoms with Gasteiger partial charge in [-0.2, -0.15) is 0 Å². The van der Waals surface area contributed by atoms with Gasteiger partial charge in [0.25, 0.3) is 0 Å². The zero-order valence-corrected chi connectivity index (χ0v) is 6.47. The Bertz CT molecular complexity index is 125. The van der Waals surface area contributed by atoms with Crippen molar-refractivity contribution < 1.29 is 23.0 Å². The molecule has 0 aromatic rings. The van der Waals surface area contributed by atoms with Gasteiger partial charge in [0.15, 0.2) is 5.66 Å². The monoisotopic (exact) mass is 190 g/mol. The van der Waals surface area contributed by atoms with E-state index in [2.05, 4.69) is 0 Å². The molecular formula is C5H10F4N2O. The maximum Gasteiger partial charge on any atom is 0.193 e. The highest BCUT2D eigenvalue weighted by molar-refractivity contribution is 4.70. The molecule has 0 amide bonds. The van der Waals surface area contributed by atoms with Crippen molar-refractivity contribution in [3.05, 3.63) is 0 Å². The predicted molar refractivity (Wildman–Crippen MR) is 32.8 cm³/mol. The summed E-state index contributed by atoms with van der Waals surface area (Å²) in [6, 6.07) is 0. The zero-order valence-electron chi connectivity index (χ0n) is 6.47. The Hall–Kier alpha value is -0.400. The number of aliphatic hydroxyl groups is 1. The van der Waals surface area contributed by atoms with Crippen LogP contribution in [0.5, 0.6) is 0 Å². The van der Waals surface area contributed by atoms with Crippen LogP contribution in [0.2, 0.25) is 0 Å². The van der Waals surface area contributed by atoms with E-state index in [4.69, 9.17) is 5.11 Å². The van der Waals surface area contributed by atoms with Crippen molar-refractivity contribution in [2.24, 2.45) is 0 Å².